The predicted octanol–water partition coefficient (Wildman–Crippen LogP) is 0.685. The molecule has 2 heterocycles. The Balaban J connectivity index is 1.66. The minimum atomic E-state index is 0.261. The van der Waals surface area contributed by atoms with E-state index < -0.39 is 0 Å². The maximum Gasteiger partial charge on any atom is 0.128 e. The van der Waals surface area contributed by atoms with Crippen molar-refractivity contribution in [2.75, 3.05) is 44.2 Å². The Morgan fingerprint density at radius 3 is 2.72 bits per heavy atom. The van der Waals surface area contributed by atoms with Gasteiger partial charge in [-0.1, -0.05) is 6.07 Å². The molecule has 0 unspecified atom stereocenters. The van der Waals surface area contributed by atoms with Crippen LogP contribution in [0.2, 0.25) is 0 Å². The first-order valence-corrected chi connectivity index (χ1v) is 6.94. The first-order valence-electron chi connectivity index (χ1n) is 6.94. The van der Waals surface area contributed by atoms with E-state index in [1.807, 2.05) is 0 Å². The van der Waals surface area contributed by atoms with Crippen molar-refractivity contribution in [3.05, 3.63) is 23.4 Å². The lowest BCUT2D eigenvalue weighted by atomic mass is 10.2. The van der Waals surface area contributed by atoms with Gasteiger partial charge < -0.3 is 10.0 Å². The molecule has 0 spiro atoms. The van der Waals surface area contributed by atoms with Crippen molar-refractivity contribution in [3.8, 4) is 0 Å². The lowest BCUT2D eigenvalue weighted by molar-refractivity contribution is 0.188. The normalized spacial score (nSPS) is 20.2. The van der Waals surface area contributed by atoms with Crippen LogP contribution in [0.4, 0.5) is 5.82 Å². The maximum atomic E-state index is 8.94. The molecule has 0 amide bonds. The number of rotatable bonds is 3. The second-order valence-corrected chi connectivity index (χ2v) is 5.18. The van der Waals surface area contributed by atoms with Gasteiger partial charge in [0, 0.05) is 38.4 Å². The van der Waals surface area contributed by atoms with E-state index in [4.69, 9.17) is 10.1 Å². The van der Waals surface area contributed by atoms with Crippen LogP contribution < -0.4 is 4.90 Å². The first-order chi connectivity index (χ1) is 8.86. The Hall–Kier alpha value is -1.13. The molecule has 4 nitrogen and oxygen atoms in total. The molecule has 1 fully saturated rings. The minimum Gasteiger partial charge on any atom is -0.395 e. The number of fused-ring (bicyclic) bond motifs is 1. The van der Waals surface area contributed by atoms with E-state index in [1.165, 1.54) is 24.1 Å². The van der Waals surface area contributed by atoms with Gasteiger partial charge in [0.25, 0.3) is 0 Å². The number of hydrogen-bond donors (Lipinski definition) is 1. The highest BCUT2D eigenvalue weighted by molar-refractivity contribution is 5.43. The zero-order chi connectivity index (χ0) is 12.4. The summed E-state index contributed by atoms with van der Waals surface area (Å²) in [4.78, 5) is 9.48. The Morgan fingerprint density at radius 1 is 1.11 bits per heavy atom. The van der Waals surface area contributed by atoms with Gasteiger partial charge in [0.15, 0.2) is 0 Å². The van der Waals surface area contributed by atoms with Crippen LogP contribution in [0.3, 0.4) is 0 Å². The predicted molar refractivity (Wildman–Crippen MR) is 72.0 cm³/mol. The molecule has 3 rings (SSSR count). The molecule has 1 saturated heterocycles. The monoisotopic (exact) mass is 247 g/mol. The summed E-state index contributed by atoms with van der Waals surface area (Å²) in [6.07, 6.45) is 3.61. The summed E-state index contributed by atoms with van der Waals surface area (Å²) in [5.74, 6) is 1.14. The number of pyridine rings is 1. The first kappa shape index (κ1) is 11.9. The van der Waals surface area contributed by atoms with Crippen LogP contribution in [0.5, 0.6) is 0 Å². The van der Waals surface area contributed by atoms with Crippen molar-refractivity contribution in [3.63, 3.8) is 0 Å². The van der Waals surface area contributed by atoms with Crippen molar-refractivity contribution in [1.29, 1.82) is 0 Å². The summed E-state index contributed by atoms with van der Waals surface area (Å²) in [7, 11) is 0. The summed E-state index contributed by atoms with van der Waals surface area (Å²) in [6.45, 7) is 5.15. The zero-order valence-electron chi connectivity index (χ0n) is 10.8. The van der Waals surface area contributed by atoms with E-state index in [0.29, 0.717) is 0 Å². The zero-order valence-corrected chi connectivity index (χ0v) is 10.8. The number of hydrogen-bond acceptors (Lipinski definition) is 4. The second kappa shape index (κ2) is 5.24. The molecule has 0 saturated carbocycles. The van der Waals surface area contributed by atoms with Crippen LogP contribution in [0.25, 0.3) is 0 Å². The lowest BCUT2D eigenvalue weighted by Gasteiger charge is -2.35. The minimum absolute atomic E-state index is 0.261. The fourth-order valence-corrected chi connectivity index (χ4v) is 2.93. The fourth-order valence-electron chi connectivity index (χ4n) is 2.93. The molecule has 0 atom stereocenters. The molecule has 0 radical (unpaired) electrons. The quantitative estimate of drug-likeness (QED) is 0.853. The summed E-state index contributed by atoms with van der Waals surface area (Å²) < 4.78 is 0. The van der Waals surface area contributed by atoms with Crippen LogP contribution in [0.1, 0.15) is 17.7 Å². The van der Waals surface area contributed by atoms with Gasteiger partial charge in [-0.3, -0.25) is 4.90 Å². The SMILES string of the molecule is OCCN1CCN(c2ccc3c(n2)CCC3)CC1. The highest BCUT2D eigenvalue weighted by Crippen LogP contribution is 2.23. The summed E-state index contributed by atoms with van der Waals surface area (Å²) in [5.41, 5.74) is 2.75. The molecule has 1 aromatic heterocycles. The van der Waals surface area contributed by atoms with Crippen LogP contribution in [-0.2, 0) is 12.8 Å². The number of anilines is 1. The smallest absolute Gasteiger partial charge is 0.128 e. The Kier molecular flexibility index (Phi) is 3.48. The lowest BCUT2D eigenvalue weighted by Crippen LogP contribution is -2.47. The van der Waals surface area contributed by atoms with Gasteiger partial charge in [-0.25, -0.2) is 4.98 Å². The van der Waals surface area contributed by atoms with Crippen molar-refractivity contribution < 1.29 is 5.11 Å². The van der Waals surface area contributed by atoms with E-state index in [2.05, 4.69) is 21.9 Å². The van der Waals surface area contributed by atoms with E-state index in [0.717, 1.165) is 45.0 Å². The van der Waals surface area contributed by atoms with Crippen molar-refractivity contribution in [1.82, 2.24) is 9.88 Å². The van der Waals surface area contributed by atoms with E-state index in [1.54, 1.807) is 0 Å². The van der Waals surface area contributed by atoms with Crippen molar-refractivity contribution >= 4 is 5.82 Å². The van der Waals surface area contributed by atoms with Crippen LogP contribution in [0.15, 0.2) is 12.1 Å². The van der Waals surface area contributed by atoms with Crippen LogP contribution in [-0.4, -0.2) is 54.3 Å². The molecule has 1 N–H and O–H groups in total. The average Bonchev–Trinajstić information content (AvgIpc) is 2.87. The van der Waals surface area contributed by atoms with Crippen LogP contribution in [0, 0.1) is 0 Å². The molecule has 18 heavy (non-hydrogen) atoms. The van der Waals surface area contributed by atoms with Gasteiger partial charge in [-0.15, -0.1) is 0 Å². The highest BCUT2D eigenvalue weighted by Gasteiger charge is 2.19. The molecule has 1 aromatic rings. The third kappa shape index (κ3) is 2.35. The summed E-state index contributed by atoms with van der Waals surface area (Å²) in [6, 6.07) is 4.43. The van der Waals surface area contributed by atoms with Gasteiger partial charge in [0.05, 0.1) is 6.61 Å². The molecular weight excluding hydrogens is 226 g/mol. The fraction of sp³-hybridized carbons (Fsp3) is 0.643. The molecule has 0 bridgehead atoms. The van der Waals surface area contributed by atoms with Gasteiger partial charge in [0.2, 0.25) is 0 Å². The molecule has 1 aliphatic carbocycles. The molecule has 2 aliphatic rings. The molecule has 4 heteroatoms. The standard InChI is InChI=1S/C14H21N3O/c18-11-10-16-6-8-17(9-7-16)14-5-4-12-2-1-3-13(12)15-14/h4-5,18H,1-3,6-11H2. The number of nitrogens with zero attached hydrogens (tertiary/aromatic N) is 3. The van der Waals surface area contributed by atoms with Crippen molar-refractivity contribution in [2.45, 2.75) is 19.3 Å². The van der Waals surface area contributed by atoms with Gasteiger partial charge in [0.1, 0.15) is 5.82 Å². The third-order valence-corrected chi connectivity index (χ3v) is 4.03. The maximum absolute atomic E-state index is 8.94. The molecule has 1 aliphatic heterocycles. The van der Waals surface area contributed by atoms with E-state index >= 15 is 0 Å². The number of aromatic nitrogens is 1. The van der Waals surface area contributed by atoms with Gasteiger partial charge in [-0.05, 0) is 30.9 Å². The van der Waals surface area contributed by atoms with Gasteiger partial charge in [-0.2, -0.15) is 0 Å². The topological polar surface area (TPSA) is 39.6 Å². The number of aryl methyl sites for hydroxylation is 2. The molecular formula is C14H21N3O. The largest absolute Gasteiger partial charge is 0.395 e. The third-order valence-electron chi connectivity index (χ3n) is 4.03. The second-order valence-electron chi connectivity index (χ2n) is 5.18. The number of β-amino-alcohol motifs (C(OH)–C–C–N with tert-alkyl or cyclic N) is 1. The van der Waals surface area contributed by atoms with Crippen molar-refractivity contribution in [2.24, 2.45) is 0 Å². The Labute approximate surface area is 108 Å². The van der Waals surface area contributed by atoms with Gasteiger partial charge >= 0.3 is 0 Å². The van der Waals surface area contributed by atoms with Crippen LogP contribution >= 0.6 is 0 Å². The Morgan fingerprint density at radius 2 is 1.94 bits per heavy atom. The molecule has 98 valence electrons. The summed E-state index contributed by atoms with van der Waals surface area (Å²) in [5, 5.41) is 8.94. The van der Waals surface area contributed by atoms with E-state index in [-0.39, 0.29) is 6.61 Å². The average molecular weight is 247 g/mol. The molecule has 0 aromatic carbocycles. The Bertz CT molecular complexity index is 414. The number of aliphatic hydroxyl groups excluding tert-OH is 1. The number of aliphatic hydroxyl groups is 1. The van der Waals surface area contributed by atoms with E-state index in [9.17, 15) is 0 Å². The number of piperazine rings is 1. The summed E-state index contributed by atoms with van der Waals surface area (Å²) >= 11 is 0. The highest BCUT2D eigenvalue weighted by atomic mass is 16.3.